The molecule has 4 nitrogen and oxygen atoms in total. The summed E-state index contributed by atoms with van der Waals surface area (Å²) in [5, 5.41) is -2.79. The second-order valence-corrected chi connectivity index (χ2v) is 4.37. The van der Waals surface area contributed by atoms with Gasteiger partial charge in [0.15, 0.2) is 0 Å². The highest BCUT2D eigenvalue weighted by molar-refractivity contribution is 7.90. The fraction of sp³-hybridized carbons (Fsp3) is 0.600. The van der Waals surface area contributed by atoms with Crippen LogP contribution in [0.4, 0.5) is 39.5 Å². The zero-order valence-electron chi connectivity index (χ0n) is 8.11. The Bertz CT molecular complexity index is 480. The summed E-state index contributed by atoms with van der Waals surface area (Å²) >= 11 is 0. The molecular weight excluding hydrogens is 325 g/mol. The van der Waals surface area contributed by atoms with Crippen LogP contribution >= 0.6 is 0 Å². The summed E-state index contributed by atoms with van der Waals surface area (Å²) in [5.41, 5.74) is 0. The molecule has 0 unspecified atom stereocenters. The molecule has 0 bridgehead atoms. The summed E-state index contributed by atoms with van der Waals surface area (Å²) in [7, 11) is -6.45. The molecule has 0 amide bonds. The lowest BCUT2D eigenvalue weighted by Gasteiger charge is -2.26. The molecule has 0 saturated heterocycles. The molecule has 14 heteroatoms. The van der Waals surface area contributed by atoms with Gasteiger partial charge in [0.05, 0.1) is 0 Å². The first-order valence-electron chi connectivity index (χ1n) is 3.63. The van der Waals surface area contributed by atoms with E-state index in [1.54, 1.807) is 0 Å². The smallest absolute Gasteiger partial charge is 0.243 e. The van der Waals surface area contributed by atoms with E-state index in [1.807, 2.05) is 4.74 Å². The lowest BCUT2D eigenvalue weighted by atomic mass is 10.5. The molecule has 2 N–H and O–H groups in total. The molecule has 114 valence electrons. The predicted molar refractivity (Wildman–Crippen MR) is 39.4 cm³/mol. The van der Waals surface area contributed by atoms with Crippen LogP contribution in [0.3, 0.4) is 0 Å². The molecule has 0 fully saturated rings. The first-order chi connectivity index (χ1) is 8.06. The van der Waals surface area contributed by atoms with Crippen LogP contribution in [-0.4, -0.2) is 25.9 Å². The fourth-order valence-corrected chi connectivity index (χ4v) is 0.914. The maximum Gasteiger partial charge on any atom is 0.448 e. The second kappa shape index (κ2) is 4.82. The third-order valence-electron chi connectivity index (χ3n) is 1.37. The highest BCUT2D eigenvalue weighted by Crippen LogP contribution is 2.44. The number of halogens is 9. The van der Waals surface area contributed by atoms with Gasteiger partial charge in [-0.15, -0.1) is 0 Å². The van der Waals surface area contributed by atoms with Gasteiger partial charge in [-0.1, -0.05) is 0 Å². The van der Waals surface area contributed by atoms with Gasteiger partial charge < -0.3 is 0 Å². The van der Waals surface area contributed by atoms with Crippen molar-refractivity contribution < 1.29 is 52.7 Å². The minimum absolute atomic E-state index is 1.85. The number of nitrogens with two attached hydrogens (primary N) is 1. The van der Waals surface area contributed by atoms with Crippen LogP contribution < -0.4 is 5.14 Å². The Morgan fingerprint density at radius 2 is 1.32 bits per heavy atom. The van der Waals surface area contributed by atoms with Gasteiger partial charge in [0, 0.05) is 0 Å². The molecule has 0 radical (unpaired) electrons. The standard InChI is InChI=1S/C5H2F9NO3S/c6-1(2(7)8)3(9,10)18-4(11,12)5(13,14)19(15,16)17/h(H2,15,16,17). The van der Waals surface area contributed by atoms with Crippen LogP contribution in [0.25, 0.3) is 0 Å². The van der Waals surface area contributed by atoms with E-state index in [2.05, 4.69) is 5.14 Å². The van der Waals surface area contributed by atoms with Gasteiger partial charge >= 0.3 is 23.6 Å². The van der Waals surface area contributed by atoms with Crippen LogP contribution in [0.15, 0.2) is 11.9 Å². The topological polar surface area (TPSA) is 69.4 Å². The van der Waals surface area contributed by atoms with Gasteiger partial charge in [-0.25, -0.2) is 18.3 Å². The molecule has 0 spiro atoms. The zero-order chi connectivity index (χ0) is 15.9. The predicted octanol–water partition coefficient (Wildman–Crippen LogP) is 2.15. The summed E-state index contributed by atoms with van der Waals surface area (Å²) in [5.74, 6) is -3.89. The molecule has 0 aliphatic heterocycles. The Morgan fingerprint density at radius 3 is 1.58 bits per heavy atom. The average molecular weight is 327 g/mol. The van der Waals surface area contributed by atoms with Gasteiger partial charge in [-0.05, 0) is 0 Å². The van der Waals surface area contributed by atoms with Crippen LogP contribution in [0.2, 0.25) is 0 Å². The summed E-state index contributed by atoms with van der Waals surface area (Å²) < 4.78 is 131. The van der Waals surface area contributed by atoms with Crippen molar-refractivity contribution in [1.29, 1.82) is 0 Å². The summed E-state index contributed by atoms with van der Waals surface area (Å²) in [6.45, 7) is 0. The van der Waals surface area contributed by atoms with Crippen molar-refractivity contribution >= 4 is 10.0 Å². The molecule has 0 aromatic heterocycles. The minimum Gasteiger partial charge on any atom is -0.243 e. The van der Waals surface area contributed by atoms with E-state index in [4.69, 9.17) is 0 Å². The number of ether oxygens (including phenoxy) is 1. The van der Waals surface area contributed by atoms with Crippen molar-refractivity contribution in [1.82, 2.24) is 0 Å². The van der Waals surface area contributed by atoms with Crippen molar-refractivity contribution in [2.24, 2.45) is 5.14 Å². The first kappa shape index (κ1) is 18.0. The van der Waals surface area contributed by atoms with Gasteiger partial charge in [-0.2, -0.15) is 39.5 Å². The van der Waals surface area contributed by atoms with E-state index in [1.165, 1.54) is 0 Å². The maximum atomic E-state index is 12.5. The molecule has 0 rings (SSSR count). The van der Waals surface area contributed by atoms with Crippen LogP contribution in [-0.2, 0) is 14.8 Å². The Morgan fingerprint density at radius 1 is 0.947 bits per heavy atom. The second-order valence-electron chi connectivity index (χ2n) is 2.77. The first-order valence-corrected chi connectivity index (χ1v) is 5.18. The number of rotatable bonds is 5. The largest absolute Gasteiger partial charge is 0.448 e. The summed E-state index contributed by atoms with van der Waals surface area (Å²) in [6.07, 6.45) is -16.6. The number of hydrogen-bond donors (Lipinski definition) is 1. The summed E-state index contributed by atoms with van der Waals surface area (Å²) in [4.78, 5) is 0. The average Bonchev–Trinajstić information content (AvgIpc) is 2.12. The zero-order valence-corrected chi connectivity index (χ0v) is 8.93. The fourth-order valence-electron chi connectivity index (χ4n) is 0.541. The van der Waals surface area contributed by atoms with E-state index in [0.29, 0.717) is 0 Å². The molecule has 0 aliphatic rings. The monoisotopic (exact) mass is 327 g/mol. The molecule has 0 aromatic rings. The molecular formula is C5H2F9NO3S. The Hall–Kier alpha value is -1.02. The quantitative estimate of drug-likeness (QED) is 0.787. The maximum absolute atomic E-state index is 12.5. The van der Waals surface area contributed by atoms with Crippen LogP contribution in [0.1, 0.15) is 0 Å². The Labute approximate surface area is 98.2 Å². The van der Waals surface area contributed by atoms with Gasteiger partial charge in [0.1, 0.15) is 0 Å². The third kappa shape index (κ3) is 3.50. The molecule has 0 aliphatic carbocycles. The van der Waals surface area contributed by atoms with E-state index in [-0.39, 0.29) is 0 Å². The lowest BCUT2D eigenvalue weighted by Crippen LogP contribution is -2.54. The molecule has 0 aromatic carbocycles. The van der Waals surface area contributed by atoms with E-state index >= 15 is 0 Å². The van der Waals surface area contributed by atoms with E-state index in [0.717, 1.165) is 0 Å². The van der Waals surface area contributed by atoms with Crippen molar-refractivity contribution in [3.8, 4) is 0 Å². The van der Waals surface area contributed by atoms with Crippen molar-refractivity contribution in [2.75, 3.05) is 0 Å². The van der Waals surface area contributed by atoms with Crippen LogP contribution in [0, 0.1) is 0 Å². The number of alkyl halides is 6. The summed E-state index contributed by atoms with van der Waals surface area (Å²) in [6, 6.07) is 0. The van der Waals surface area contributed by atoms with Gasteiger partial charge in [0.2, 0.25) is 0 Å². The van der Waals surface area contributed by atoms with Crippen molar-refractivity contribution in [3.05, 3.63) is 11.9 Å². The third-order valence-corrected chi connectivity index (χ3v) is 2.33. The molecule has 0 atom stereocenters. The molecule has 0 heterocycles. The SMILES string of the molecule is NS(=O)(=O)C(F)(F)C(F)(F)OC(F)(F)C(F)=C(F)F. The number of sulfonamides is 1. The van der Waals surface area contributed by atoms with E-state index in [9.17, 15) is 47.9 Å². The van der Waals surface area contributed by atoms with Gasteiger partial charge in [0.25, 0.3) is 15.9 Å². The minimum atomic E-state index is -6.57. The number of hydrogen-bond acceptors (Lipinski definition) is 3. The van der Waals surface area contributed by atoms with Crippen molar-refractivity contribution in [2.45, 2.75) is 17.5 Å². The van der Waals surface area contributed by atoms with E-state index < -0.39 is 39.4 Å². The Balaban J connectivity index is 5.58. The molecule has 0 saturated carbocycles. The van der Waals surface area contributed by atoms with Crippen molar-refractivity contribution in [3.63, 3.8) is 0 Å². The highest BCUT2D eigenvalue weighted by Gasteiger charge is 2.70. The normalized spacial score (nSPS) is 14.4. The molecule has 19 heavy (non-hydrogen) atoms. The highest BCUT2D eigenvalue weighted by atomic mass is 32.2. The number of primary sulfonamides is 1. The lowest BCUT2D eigenvalue weighted by molar-refractivity contribution is -0.405. The van der Waals surface area contributed by atoms with Gasteiger partial charge in [-0.3, -0.25) is 0 Å². The Kier molecular flexibility index (Phi) is 4.57. The van der Waals surface area contributed by atoms with Crippen LogP contribution in [0.5, 0.6) is 0 Å².